The van der Waals surface area contributed by atoms with Crippen molar-refractivity contribution in [2.45, 2.75) is 59.4 Å². The highest BCUT2D eigenvalue weighted by Gasteiger charge is 2.46. The highest BCUT2D eigenvalue weighted by molar-refractivity contribution is 5.69. The number of carbonyl (C=O) groups excluding carboxylic acids is 1. The van der Waals surface area contributed by atoms with E-state index in [4.69, 9.17) is 9.47 Å². The van der Waals surface area contributed by atoms with Crippen LogP contribution in [0.5, 0.6) is 0 Å². The second-order valence-corrected chi connectivity index (χ2v) is 7.87. The van der Waals surface area contributed by atoms with Gasteiger partial charge in [-0.1, -0.05) is 51.1 Å². The van der Waals surface area contributed by atoms with Crippen LogP contribution in [-0.4, -0.2) is 29.4 Å². The van der Waals surface area contributed by atoms with Crippen LogP contribution in [0.4, 0.5) is 4.79 Å². The Hall–Kier alpha value is -1.55. The first-order valence-electron chi connectivity index (χ1n) is 7.77. The van der Waals surface area contributed by atoms with Gasteiger partial charge in [0, 0.05) is 5.41 Å². The van der Waals surface area contributed by atoms with Crippen molar-refractivity contribution >= 4 is 6.09 Å². The molecule has 0 aromatic heterocycles. The van der Waals surface area contributed by atoms with Crippen LogP contribution >= 0.6 is 0 Å². The van der Waals surface area contributed by atoms with Gasteiger partial charge in [0.25, 0.3) is 0 Å². The molecule has 2 rings (SSSR count). The van der Waals surface area contributed by atoms with E-state index in [-0.39, 0.29) is 23.8 Å². The zero-order valence-corrected chi connectivity index (χ0v) is 14.4. The van der Waals surface area contributed by atoms with Crippen LogP contribution in [-0.2, 0) is 9.47 Å². The topological polar surface area (TPSA) is 38.8 Å². The summed E-state index contributed by atoms with van der Waals surface area (Å²) in [4.78, 5) is 14.5. The van der Waals surface area contributed by atoms with E-state index in [2.05, 4.69) is 20.8 Å². The van der Waals surface area contributed by atoms with E-state index >= 15 is 0 Å². The number of nitrogens with zero attached hydrogens (tertiary/aromatic N) is 1. The van der Waals surface area contributed by atoms with Crippen LogP contribution in [0.1, 0.15) is 53.1 Å². The van der Waals surface area contributed by atoms with Gasteiger partial charge in [-0.3, -0.25) is 4.90 Å². The molecule has 0 bridgehead atoms. The second-order valence-electron chi connectivity index (χ2n) is 7.87. The molecular weight excluding hydrogens is 278 g/mol. The van der Waals surface area contributed by atoms with Gasteiger partial charge < -0.3 is 9.47 Å². The molecule has 122 valence electrons. The molecule has 0 radical (unpaired) electrons. The first kappa shape index (κ1) is 16.8. The summed E-state index contributed by atoms with van der Waals surface area (Å²) in [5.74, 6) is 0. The molecule has 1 fully saturated rings. The molecule has 0 saturated carbocycles. The Morgan fingerprint density at radius 3 is 2.23 bits per heavy atom. The van der Waals surface area contributed by atoms with Crippen LogP contribution in [0.25, 0.3) is 0 Å². The minimum Gasteiger partial charge on any atom is -0.444 e. The van der Waals surface area contributed by atoms with E-state index in [0.29, 0.717) is 6.61 Å². The van der Waals surface area contributed by atoms with Crippen molar-refractivity contribution < 1.29 is 14.3 Å². The Morgan fingerprint density at radius 2 is 1.73 bits per heavy atom. The summed E-state index contributed by atoms with van der Waals surface area (Å²) in [6, 6.07) is 9.87. The maximum atomic E-state index is 12.7. The summed E-state index contributed by atoms with van der Waals surface area (Å²) >= 11 is 0. The van der Waals surface area contributed by atoms with Crippen molar-refractivity contribution in [1.82, 2.24) is 4.90 Å². The predicted molar refractivity (Wildman–Crippen MR) is 86.5 cm³/mol. The summed E-state index contributed by atoms with van der Waals surface area (Å²) < 4.78 is 11.6. The summed E-state index contributed by atoms with van der Waals surface area (Å²) in [6.45, 7) is 12.3. The molecule has 1 aliphatic heterocycles. The molecule has 22 heavy (non-hydrogen) atoms. The molecule has 1 aromatic carbocycles. The van der Waals surface area contributed by atoms with Crippen molar-refractivity contribution in [3.8, 4) is 0 Å². The maximum Gasteiger partial charge on any atom is 0.412 e. The molecule has 0 N–H and O–H groups in total. The third-order valence-corrected chi connectivity index (χ3v) is 3.53. The minimum atomic E-state index is -0.524. The largest absolute Gasteiger partial charge is 0.444 e. The van der Waals surface area contributed by atoms with Crippen LogP contribution in [0, 0.1) is 5.41 Å². The van der Waals surface area contributed by atoms with Gasteiger partial charge >= 0.3 is 6.09 Å². The normalized spacial score (nSPS) is 22.7. The van der Waals surface area contributed by atoms with Gasteiger partial charge in [0.1, 0.15) is 11.8 Å². The average Bonchev–Trinajstić information content (AvgIpc) is 2.82. The third-order valence-electron chi connectivity index (χ3n) is 3.53. The molecule has 4 heteroatoms. The Labute approximate surface area is 133 Å². The lowest BCUT2D eigenvalue weighted by molar-refractivity contribution is -0.0585. The van der Waals surface area contributed by atoms with E-state index in [9.17, 15) is 4.79 Å². The van der Waals surface area contributed by atoms with E-state index in [1.807, 2.05) is 51.1 Å². The Morgan fingerprint density at radius 1 is 1.14 bits per heavy atom. The van der Waals surface area contributed by atoms with Crippen molar-refractivity contribution in [1.29, 1.82) is 0 Å². The molecule has 1 amide bonds. The standard InChI is InChI=1S/C18H27NO3/c1-17(2,3)15-19(16(20)22-18(4,5)6)14(12-21-15)13-10-8-7-9-11-13/h7-11,14-15H,12H2,1-6H3/t14-,15-/m1/s1. The third kappa shape index (κ3) is 3.80. The number of hydrogen-bond acceptors (Lipinski definition) is 3. The van der Waals surface area contributed by atoms with Gasteiger partial charge in [-0.25, -0.2) is 4.79 Å². The molecule has 0 aliphatic carbocycles. The number of hydrogen-bond donors (Lipinski definition) is 0. The minimum absolute atomic E-state index is 0.111. The van der Waals surface area contributed by atoms with Gasteiger partial charge in [0.15, 0.2) is 0 Å². The lowest BCUT2D eigenvalue weighted by Crippen LogP contribution is -2.46. The monoisotopic (exact) mass is 305 g/mol. The SMILES string of the molecule is CC(C)(C)OC(=O)N1[C@@H](c2ccccc2)CO[C@@H]1C(C)(C)C. The van der Waals surface area contributed by atoms with Crippen LogP contribution in [0.2, 0.25) is 0 Å². The van der Waals surface area contributed by atoms with Crippen LogP contribution in [0.15, 0.2) is 30.3 Å². The predicted octanol–water partition coefficient (Wildman–Crippen LogP) is 4.37. The van der Waals surface area contributed by atoms with E-state index in [0.717, 1.165) is 5.56 Å². The zero-order chi connectivity index (χ0) is 16.5. The smallest absolute Gasteiger partial charge is 0.412 e. The first-order valence-corrected chi connectivity index (χ1v) is 7.77. The summed E-state index contributed by atoms with van der Waals surface area (Å²) in [6.07, 6.45) is -0.619. The van der Waals surface area contributed by atoms with Crippen molar-refractivity contribution in [2.24, 2.45) is 5.41 Å². The number of benzene rings is 1. The molecule has 4 nitrogen and oxygen atoms in total. The fraction of sp³-hybridized carbons (Fsp3) is 0.611. The molecule has 0 unspecified atom stereocenters. The van der Waals surface area contributed by atoms with E-state index in [1.165, 1.54) is 0 Å². The van der Waals surface area contributed by atoms with E-state index < -0.39 is 5.60 Å². The molecule has 1 aliphatic rings. The Balaban J connectivity index is 2.32. The average molecular weight is 305 g/mol. The summed E-state index contributed by atoms with van der Waals surface area (Å²) in [5.41, 5.74) is 0.365. The van der Waals surface area contributed by atoms with Gasteiger partial charge in [0.05, 0.1) is 12.6 Å². The first-order chi connectivity index (χ1) is 10.1. The number of rotatable bonds is 1. The fourth-order valence-corrected chi connectivity index (χ4v) is 2.64. The zero-order valence-electron chi connectivity index (χ0n) is 14.4. The van der Waals surface area contributed by atoms with Gasteiger partial charge in [0.2, 0.25) is 0 Å². The van der Waals surface area contributed by atoms with Crippen LogP contribution in [0.3, 0.4) is 0 Å². The molecular formula is C18H27NO3. The molecule has 2 atom stereocenters. The molecule has 0 spiro atoms. The Bertz CT molecular complexity index is 513. The van der Waals surface area contributed by atoms with Crippen molar-refractivity contribution in [3.05, 3.63) is 35.9 Å². The van der Waals surface area contributed by atoms with Crippen molar-refractivity contribution in [2.75, 3.05) is 6.61 Å². The molecule has 1 heterocycles. The van der Waals surface area contributed by atoms with Gasteiger partial charge in [-0.2, -0.15) is 0 Å². The quantitative estimate of drug-likeness (QED) is 0.773. The number of amides is 1. The Kier molecular flexibility index (Phi) is 4.52. The maximum absolute atomic E-state index is 12.7. The van der Waals surface area contributed by atoms with E-state index in [1.54, 1.807) is 4.90 Å². The van der Waals surface area contributed by atoms with Gasteiger partial charge in [-0.15, -0.1) is 0 Å². The van der Waals surface area contributed by atoms with Crippen molar-refractivity contribution in [3.63, 3.8) is 0 Å². The number of ether oxygens (including phenoxy) is 2. The molecule has 1 saturated heterocycles. The summed E-state index contributed by atoms with van der Waals surface area (Å²) in [5, 5.41) is 0. The lowest BCUT2D eigenvalue weighted by atomic mass is 9.93. The summed E-state index contributed by atoms with van der Waals surface area (Å²) in [7, 11) is 0. The molecule has 1 aromatic rings. The highest BCUT2D eigenvalue weighted by Crippen LogP contribution is 2.39. The second kappa shape index (κ2) is 5.92. The number of carbonyl (C=O) groups is 1. The van der Waals surface area contributed by atoms with Gasteiger partial charge in [-0.05, 0) is 26.3 Å². The fourth-order valence-electron chi connectivity index (χ4n) is 2.64. The van der Waals surface area contributed by atoms with Crippen LogP contribution < -0.4 is 0 Å². The highest BCUT2D eigenvalue weighted by atomic mass is 16.6. The lowest BCUT2D eigenvalue weighted by Gasteiger charge is -2.36.